The average molecular weight is 574 g/mol. The normalized spacial score (nSPS) is 13.1. The second kappa shape index (κ2) is 15.2. The smallest absolute Gasteiger partial charge is 0.230 e. The fraction of sp³-hybridized carbons (Fsp3) is 0.350. The molecule has 1 unspecified atom stereocenters. The van der Waals surface area contributed by atoms with E-state index in [1.165, 1.54) is 47.3 Å². The third-order valence-electron chi connectivity index (χ3n) is 8.72. The van der Waals surface area contributed by atoms with E-state index in [1.54, 1.807) is 5.57 Å². The van der Waals surface area contributed by atoms with Crippen molar-refractivity contribution in [1.29, 1.82) is 0 Å². The molecule has 0 aromatic heterocycles. The van der Waals surface area contributed by atoms with Gasteiger partial charge >= 0.3 is 0 Å². The van der Waals surface area contributed by atoms with Crippen LogP contribution in [0.25, 0.3) is 0 Å². The van der Waals surface area contributed by atoms with Crippen LogP contribution in [0.4, 0.5) is 5.69 Å². The van der Waals surface area contributed by atoms with E-state index in [9.17, 15) is 0 Å². The first kappa shape index (κ1) is 31.6. The van der Waals surface area contributed by atoms with Crippen LogP contribution in [0.5, 0.6) is 0 Å². The third kappa shape index (κ3) is 7.34. The highest BCUT2D eigenvalue weighted by molar-refractivity contribution is 7.07. The first-order valence-electron chi connectivity index (χ1n) is 16.1. The highest BCUT2D eigenvalue weighted by Gasteiger charge is 2.53. The predicted octanol–water partition coefficient (Wildman–Crippen LogP) is 10.2. The van der Waals surface area contributed by atoms with Crippen molar-refractivity contribution in [2.75, 3.05) is 4.57 Å². The Morgan fingerprint density at radius 1 is 0.667 bits per heavy atom. The van der Waals surface area contributed by atoms with Gasteiger partial charge in [-0.1, -0.05) is 162 Å². The van der Waals surface area contributed by atoms with E-state index in [-0.39, 0.29) is 5.04 Å². The largest absolute Gasteiger partial charge is 0.366 e. The Hall–Kier alpha value is -3.36. The fourth-order valence-corrected chi connectivity index (χ4v) is 12.5. The molecule has 4 aromatic rings. The molecule has 0 saturated heterocycles. The summed E-state index contributed by atoms with van der Waals surface area (Å²) in [6.45, 7) is 12.1. The Morgan fingerprint density at radius 2 is 1.17 bits per heavy atom. The molecule has 4 rings (SSSR count). The van der Waals surface area contributed by atoms with Crippen molar-refractivity contribution >= 4 is 24.3 Å². The maximum atomic E-state index is 2.78. The predicted molar refractivity (Wildman–Crippen MR) is 187 cm³/mol. The second-order valence-corrected chi connectivity index (χ2v) is 17.3. The number of nitrogens with zero attached hydrogens (tertiary/aromatic N) is 1. The van der Waals surface area contributed by atoms with Crippen molar-refractivity contribution < 1.29 is 0 Å². The van der Waals surface area contributed by atoms with Gasteiger partial charge in [0.2, 0.25) is 8.24 Å². The number of hydrogen-bond donors (Lipinski definition) is 0. The summed E-state index contributed by atoms with van der Waals surface area (Å²) in [7, 11) is -2.61. The lowest BCUT2D eigenvalue weighted by Crippen LogP contribution is -2.74. The lowest BCUT2D eigenvalue weighted by atomic mass is 9.87. The van der Waals surface area contributed by atoms with E-state index >= 15 is 0 Å². The maximum Gasteiger partial charge on any atom is 0.230 e. The van der Waals surface area contributed by atoms with Gasteiger partial charge < -0.3 is 4.57 Å². The van der Waals surface area contributed by atoms with Crippen LogP contribution in [0.15, 0.2) is 133 Å². The zero-order valence-corrected chi connectivity index (χ0v) is 27.6. The molecule has 0 saturated carbocycles. The van der Waals surface area contributed by atoms with Crippen molar-refractivity contribution in [3.63, 3.8) is 0 Å². The molecule has 42 heavy (non-hydrogen) atoms. The minimum absolute atomic E-state index is 0.00688. The van der Waals surface area contributed by atoms with E-state index in [4.69, 9.17) is 0 Å². The van der Waals surface area contributed by atoms with E-state index < -0.39 is 8.24 Å². The van der Waals surface area contributed by atoms with Gasteiger partial charge in [0.1, 0.15) is 0 Å². The Bertz CT molecular complexity index is 1300. The summed E-state index contributed by atoms with van der Waals surface area (Å²) in [6.07, 6.45) is 11.0. The van der Waals surface area contributed by atoms with Crippen molar-refractivity contribution in [2.24, 2.45) is 5.92 Å². The number of para-hydroxylation sites is 1. The first-order chi connectivity index (χ1) is 20.4. The summed E-state index contributed by atoms with van der Waals surface area (Å²) >= 11 is 0. The standard InChI is InChI=1S/C40H51NSi/c1-6-21-35(26-20-25-34-23-12-8-13-24-34)36(22-7-2)33-41(37-27-14-9-15-28-37)42(40(3,4)5,38-29-16-10-17-30-38)39-31-18-11-19-32-39/h8-19,23-24,27-33,35H,6-7,20-22,25-26H2,1-5H3/b36-33+. The molecule has 0 N–H and O–H groups in total. The fourth-order valence-electron chi connectivity index (χ4n) is 6.87. The van der Waals surface area contributed by atoms with Crippen LogP contribution in [0.2, 0.25) is 5.04 Å². The van der Waals surface area contributed by atoms with Gasteiger partial charge in [0.05, 0.1) is 0 Å². The average Bonchev–Trinajstić information content (AvgIpc) is 3.01. The summed E-state index contributed by atoms with van der Waals surface area (Å²) < 4.78 is 2.78. The molecule has 4 aromatic carbocycles. The molecule has 220 valence electrons. The summed E-state index contributed by atoms with van der Waals surface area (Å²) in [5.74, 6) is 0.586. The molecule has 0 fully saturated rings. The first-order valence-corrected chi connectivity index (χ1v) is 18.1. The monoisotopic (exact) mass is 573 g/mol. The van der Waals surface area contributed by atoms with Gasteiger partial charge in [-0.25, -0.2) is 0 Å². The van der Waals surface area contributed by atoms with Gasteiger partial charge in [-0.15, -0.1) is 0 Å². The lowest BCUT2D eigenvalue weighted by Gasteiger charge is -2.51. The SMILES string of the molecule is CCC/C(=C\N(c1ccccc1)[Si](c1ccccc1)(c1ccccc1)C(C)(C)C)C(CCC)CCCc1ccccc1. The van der Waals surface area contributed by atoms with Crippen LogP contribution in [0, 0.1) is 5.92 Å². The summed E-state index contributed by atoms with van der Waals surface area (Å²) in [4.78, 5) is 0. The molecule has 0 bridgehead atoms. The molecule has 1 atom stereocenters. The van der Waals surface area contributed by atoms with E-state index in [1.807, 2.05) is 0 Å². The molecule has 0 amide bonds. The van der Waals surface area contributed by atoms with Crippen molar-refractivity contribution in [3.05, 3.63) is 139 Å². The molecular weight excluding hydrogens is 523 g/mol. The summed E-state index contributed by atoms with van der Waals surface area (Å²) in [5.41, 5.74) is 4.36. The number of hydrogen-bond acceptors (Lipinski definition) is 1. The topological polar surface area (TPSA) is 3.24 Å². The van der Waals surface area contributed by atoms with Crippen LogP contribution in [-0.2, 0) is 6.42 Å². The van der Waals surface area contributed by atoms with E-state index in [0.717, 1.165) is 19.3 Å². The Balaban J connectivity index is 1.91. The van der Waals surface area contributed by atoms with Crippen LogP contribution in [0.1, 0.15) is 78.7 Å². The van der Waals surface area contributed by atoms with Crippen molar-refractivity contribution in [3.8, 4) is 0 Å². The zero-order chi connectivity index (χ0) is 29.8. The number of rotatable bonds is 14. The van der Waals surface area contributed by atoms with Crippen molar-refractivity contribution in [2.45, 2.75) is 84.6 Å². The molecular formula is C40H51NSi. The second-order valence-electron chi connectivity index (χ2n) is 12.7. The zero-order valence-electron chi connectivity index (χ0n) is 26.6. The highest BCUT2D eigenvalue weighted by atomic mass is 28.3. The lowest BCUT2D eigenvalue weighted by molar-refractivity contribution is 0.476. The molecule has 0 spiro atoms. The number of aryl methyl sites for hydroxylation is 1. The van der Waals surface area contributed by atoms with Crippen LogP contribution in [-0.4, -0.2) is 8.24 Å². The number of anilines is 1. The highest BCUT2D eigenvalue weighted by Crippen LogP contribution is 2.42. The van der Waals surface area contributed by atoms with Crippen LogP contribution in [0.3, 0.4) is 0 Å². The quantitative estimate of drug-likeness (QED) is 0.136. The van der Waals surface area contributed by atoms with Gasteiger partial charge in [-0.3, -0.25) is 0 Å². The van der Waals surface area contributed by atoms with Gasteiger partial charge in [-0.2, -0.15) is 0 Å². The van der Waals surface area contributed by atoms with Gasteiger partial charge in [0.15, 0.2) is 0 Å². The molecule has 1 nitrogen and oxygen atoms in total. The van der Waals surface area contributed by atoms with Gasteiger partial charge in [0, 0.05) is 5.69 Å². The van der Waals surface area contributed by atoms with Crippen LogP contribution < -0.4 is 14.9 Å². The molecule has 0 aliphatic carbocycles. The maximum absolute atomic E-state index is 2.78. The van der Waals surface area contributed by atoms with Crippen LogP contribution >= 0.6 is 0 Å². The van der Waals surface area contributed by atoms with Crippen molar-refractivity contribution in [1.82, 2.24) is 0 Å². The molecule has 0 radical (unpaired) electrons. The Morgan fingerprint density at radius 3 is 1.64 bits per heavy atom. The molecule has 2 heteroatoms. The van der Waals surface area contributed by atoms with E-state index in [2.05, 4.69) is 167 Å². The molecule has 0 aliphatic heterocycles. The van der Waals surface area contributed by atoms with Gasteiger partial charge in [0.25, 0.3) is 0 Å². The number of benzene rings is 4. The minimum Gasteiger partial charge on any atom is -0.366 e. The molecule has 0 aliphatic rings. The molecule has 0 heterocycles. The summed E-state index contributed by atoms with van der Waals surface area (Å²) in [5, 5.41) is 2.92. The van der Waals surface area contributed by atoms with Gasteiger partial charge in [-0.05, 0) is 77.3 Å². The third-order valence-corrected chi connectivity index (χ3v) is 14.3. The Labute approximate surface area is 257 Å². The number of allylic oxidation sites excluding steroid dienone is 1. The Kier molecular flexibility index (Phi) is 11.4. The summed E-state index contributed by atoms with van der Waals surface area (Å²) in [6, 6.07) is 45.0. The minimum atomic E-state index is -2.61. The van der Waals surface area contributed by atoms with E-state index in [0.29, 0.717) is 5.92 Å².